The molecule has 5 aromatic rings. The van der Waals surface area contributed by atoms with E-state index in [0.29, 0.717) is 0 Å². The Labute approximate surface area is 251 Å². The second-order valence-corrected chi connectivity index (χ2v) is 16.1. The highest BCUT2D eigenvalue weighted by atomic mass is 28.3. The van der Waals surface area contributed by atoms with Crippen LogP contribution in [0.5, 0.6) is 0 Å². The molecule has 206 valence electrons. The van der Waals surface area contributed by atoms with Gasteiger partial charge in [0.1, 0.15) is 0 Å². The molecule has 42 heavy (non-hydrogen) atoms. The number of benzene rings is 5. The average Bonchev–Trinajstić information content (AvgIpc) is 3.38. The van der Waals surface area contributed by atoms with Gasteiger partial charge in [0.15, 0.2) is 0 Å². The van der Waals surface area contributed by atoms with Crippen LogP contribution in [0.25, 0.3) is 26.8 Å². The van der Waals surface area contributed by atoms with Crippen molar-refractivity contribution in [2.45, 2.75) is 59.5 Å². The van der Waals surface area contributed by atoms with Crippen LogP contribution in [0, 0.1) is 47.6 Å². The molecule has 0 aliphatic carbocycles. The molecule has 0 saturated heterocycles. The normalized spacial score (nSPS) is 19.7. The van der Waals surface area contributed by atoms with E-state index in [1.165, 1.54) is 83.1 Å². The van der Waals surface area contributed by atoms with Gasteiger partial charge in [0.2, 0.25) is 6.07 Å². The Bertz CT molecular complexity index is 1770. The molecule has 0 unspecified atom stereocenters. The van der Waals surface area contributed by atoms with Crippen LogP contribution in [0.15, 0.2) is 91.0 Å². The highest BCUT2D eigenvalue weighted by Gasteiger charge is 2.76. The van der Waals surface area contributed by atoms with Crippen molar-refractivity contribution in [1.29, 1.82) is 0 Å². The molecular formula is C40H38NSi+. The maximum absolute atomic E-state index is 5.69. The van der Waals surface area contributed by atoms with Crippen molar-refractivity contribution in [3.63, 3.8) is 0 Å². The maximum Gasteiger partial charge on any atom is 0.563 e. The van der Waals surface area contributed by atoms with Crippen molar-refractivity contribution < 1.29 is 0 Å². The first-order valence-electron chi connectivity index (χ1n) is 15.1. The van der Waals surface area contributed by atoms with Crippen LogP contribution in [0.1, 0.15) is 73.6 Å². The van der Waals surface area contributed by atoms with Gasteiger partial charge in [0.25, 0.3) is 0 Å². The molecule has 2 aliphatic heterocycles. The number of hydrogen-bond donors (Lipinski definition) is 0. The Hall–Kier alpha value is -4.19. The average molecular weight is 561 g/mol. The van der Waals surface area contributed by atoms with E-state index in [0.717, 1.165) is 0 Å². The van der Waals surface area contributed by atoms with Gasteiger partial charge in [-0.3, -0.25) is 0 Å². The van der Waals surface area contributed by atoms with E-state index in [1.54, 1.807) is 0 Å². The summed E-state index contributed by atoms with van der Waals surface area (Å²) in [5.74, 6) is 0. The molecule has 2 bridgehead atoms. The molecule has 2 heteroatoms. The molecule has 0 atom stereocenters. The lowest BCUT2D eigenvalue weighted by atomic mass is 9.86. The lowest BCUT2D eigenvalue weighted by Gasteiger charge is -2.25. The molecule has 0 fully saturated rings. The van der Waals surface area contributed by atoms with Crippen LogP contribution < -0.4 is 5.19 Å². The Kier molecular flexibility index (Phi) is 6.15. The summed E-state index contributed by atoms with van der Waals surface area (Å²) in [6.07, 6.45) is 0. The summed E-state index contributed by atoms with van der Waals surface area (Å²) >= 11 is 0. The van der Waals surface area contributed by atoms with Crippen LogP contribution in [0.4, 0.5) is 0 Å². The van der Waals surface area contributed by atoms with E-state index in [9.17, 15) is 0 Å². The first-order chi connectivity index (χ1) is 20.3. The Morgan fingerprint density at radius 2 is 0.881 bits per heavy atom. The van der Waals surface area contributed by atoms with E-state index in [1.807, 2.05) is 6.92 Å². The second kappa shape index (κ2) is 9.68. The van der Waals surface area contributed by atoms with Gasteiger partial charge in [0, 0.05) is 5.19 Å². The highest BCUT2D eigenvalue weighted by molar-refractivity contribution is 7.01. The van der Waals surface area contributed by atoms with Crippen LogP contribution in [0.3, 0.4) is 0 Å². The van der Waals surface area contributed by atoms with Gasteiger partial charge in [-0.1, -0.05) is 102 Å². The first kappa shape index (κ1) is 26.7. The molecular weight excluding hydrogens is 523 g/mol. The number of aryl methyl sites for hydroxylation is 6. The number of fused-ring (bicyclic) bond motifs is 8. The fourth-order valence-corrected chi connectivity index (χ4v) is 14.7. The van der Waals surface area contributed by atoms with E-state index >= 15 is 0 Å². The monoisotopic (exact) mass is 560 g/mol. The summed E-state index contributed by atoms with van der Waals surface area (Å²) in [7, 11) is -2.77. The molecule has 0 aromatic heterocycles. The largest absolute Gasteiger partial charge is 0.563 e. The third-order valence-corrected chi connectivity index (χ3v) is 14.7. The summed E-state index contributed by atoms with van der Waals surface area (Å²) in [5.41, 5.74) is 19.7. The summed E-state index contributed by atoms with van der Waals surface area (Å²) in [6.45, 7) is 15.5. The minimum atomic E-state index is -2.77. The molecule has 0 N–H and O–H groups in total. The molecule has 0 amide bonds. The second-order valence-electron chi connectivity index (χ2n) is 12.6. The SMILES string of the molecule is CC#[N+][Si]1(c2c(-c3c(C)cc(C)cc3C)cccc2-c2c(C)cc(C)cc2C)C2c3ccccc3C1c1ccccc12. The summed E-state index contributed by atoms with van der Waals surface area (Å²) < 4.78 is 5.69. The van der Waals surface area contributed by atoms with Crippen LogP contribution in [-0.2, 0) is 0 Å². The highest BCUT2D eigenvalue weighted by Crippen LogP contribution is 2.62. The van der Waals surface area contributed by atoms with Crippen molar-refractivity contribution in [3.05, 3.63) is 151 Å². The zero-order valence-corrected chi connectivity index (χ0v) is 26.8. The zero-order valence-electron chi connectivity index (χ0n) is 25.8. The van der Waals surface area contributed by atoms with Crippen molar-refractivity contribution >= 4 is 13.4 Å². The molecule has 5 aromatic carbocycles. The van der Waals surface area contributed by atoms with Crippen molar-refractivity contribution in [3.8, 4) is 28.3 Å². The van der Waals surface area contributed by atoms with Gasteiger partial charge in [-0.2, -0.15) is 4.51 Å². The van der Waals surface area contributed by atoms with E-state index in [4.69, 9.17) is 4.51 Å². The molecule has 2 heterocycles. The number of rotatable bonds is 3. The Morgan fingerprint density at radius 1 is 0.524 bits per heavy atom. The predicted molar refractivity (Wildman–Crippen MR) is 181 cm³/mol. The predicted octanol–water partition coefficient (Wildman–Crippen LogP) is 9.75. The summed E-state index contributed by atoms with van der Waals surface area (Å²) in [6, 6.07) is 38.2. The topological polar surface area (TPSA) is 4.36 Å². The first-order valence-corrected chi connectivity index (χ1v) is 17.2. The molecule has 7 rings (SSSR count). The van der Waals surface area contributed by atoms with E-state index in [2.05, 4.69) is 139 Å². The minimum absolute atomic E-state index is 0.249. The lowest BCUT2D eigenvalue weighted by molar-refractivity contribution is 1.04. The summed E-state index contributed by atoms with van der Waals surface area (Å²) in [5, 5.41) is 1.46. The quantitative estimate of drug-likeness (QED) is 0.193. The maximum atomic E-state index is 5.69. The third-order valence-electron chi connectivity index (χ3n) is 9.77. The summed E-state index contributed by atoms with van der Waals surface area (Å²) in [4.78, 5) is 0. The fourth-order valence-electron chi connectivity index (χ4n) is 8.79. The smallest absolute Gasteiger partial charge is 0.185 e. The van der Waals surface area contributed by atoms with Gasteiger partial charge >= 0.3 is 8.24 Å². The van der Waals surface area contributed by atoms with Gasteiger partial charge < -0.3 is 0 Å². The molecule has 0 spiro atoms. The Morgan fingerprint density at radius 3 is 1.21 bits per heavy atom. The molecule has 1 nitrogen and oxygen atoms in total. The number of nitrogens with zero attached hydrogens (tertiary/aromatic N) is 1. The lowest BCUT2D eigenvalue weighted by Crippen LogP contribution is -2.52. The van der Waals surface area contributed by atoms with Crippen LogP contribution in [0.2, 0.25) is 0 Å². The van der Waals surface area contributed by atoms with Crippen molar-refractivity contribution in [2.75, 3.05) is 0 Å². The van der Waals surface area contributed by atoms with E-state index in [-0.39, 0.29) is 11.1 Å². The van der Waals surface area contributed by atoms with Crippen molar-refractivity contribution in [2.24, 2.45) is 0 Å². The van der Waals surface area contributed by atoms with Crippen molar-refractivity contribution in [1.82, 2.24) is 0 Å². The minimum Gasteiger partial charge on any atom is -0.185 e. The van der Waals surface area contributed by atoms with E-state index < -0.39 is 8.24 Å². The van der Waals surface area contributed by atoms with Crippen LogP contribution in [-0.4, -0.2) is 8.24 Å². The molecule has 0 radical (unpaired) electrons. The molecule has 0 saturated carbocycles. The third kappa shape index (κ3) is 3.60. The van der Waals surface area contributed by atoms with Gasteiger partial charge in [0.05, 0.1) is 18.0 Å². The Balaban J connectivity index is 1.68. The van der Waals surface area contributed by atoms with Gasteiger partial charge in [-0.25, -0.2) is 0 Å². The van der Waals surface area contributed by atoms with Crippen LogP contribution >= 0.6 is 0 Å². The fraction of sp³-hybridized carbons (Fsp3) is 0.225. The van der Waals surface area contributed by atoms with Gasteiger partial charge in [-0.15, -0.1) is 0 Å². The van der Waals surface area contributed by atoms with Gasteiger partial charge in [-0.05, 0) is 108 Å². The number of hydrogen-bond acceptors (Lipinski definition) is 0. The standard InChI is InChI=1S/C40H38NSi/c1-8-41-42(38-30-14-9-10-15-31(30)39(42)33-17-12-11-16-32(33)38)40-34(36-26(4)20-24(2)21-27(36)5)18-13-19-35(40)37-28(6)22-25(3)23-29(37)7/h9-23,38-39H,1-7H3/q+1. The molecule has 2 aliphatic rings. The zero-order chi connectivity index (χ0) is 29.3.